The van der Waals surface area contributed by atoms with Crippen molar-refractivity contribution in [2.75, 3.05) is 14.2 Å². The van der Waals surface area contributed by atoms with Crippen molar-refractivity contribution in [1.29, 1.82) is 0 Å². The molecule has 0 saturated carbocycles. The Morgan fingerprint density at radius 2 is 2.07 bits per heavy atom. The largest absolute Gasteiger partial charge is 0.497 e. The van der Waals surface area contributed by atoms with E-state index >= 15 is 0 Å². The number of nitrogens with zero attached hydrogens (tertiary/aromatic N) is 2. The molecule has 0 bridgehead atoms. The summed E-state index contributed by atoms with van der Waals surface area (Å²) in [6.07, 6.45) is 0.289. The third-order valence-electron chi connectivity index (χ3n) is 5.13. The Kier molecular flexibility index (Phi) is 4.15. The maximum atomic E-state index is 12.4. The molecule has 0 unspecified atom stereocenters. The third kappa shape index (κ3) is 2.96. The molecule has 3 aromatic rings. The van der Waals surface area contributed by atoms with Gasteiger partial charge in [0.15, 0.2) is 5.96 Å². The predicted octanol–water partition coefficient (Wildman–Crippen LogP) is 3.97. The maximum Gasteiger partial charge on any atom is 0.231 e. The first-order chi connectivity index (χ1) is 12.9. The topological polar surface area (TPSA) is 67.9 Å². The molecule has 5 nitrogen and oxygen atoms in total. The zero-order valence-corrected chi connectivity index (χ0v) is 16.3. The number of rotatable bonds is 3. The number of ether oxygens (including phenoxy) is 1. The Balaban J connectivity index is 1.92. The number of fused-ring (bicyclic) bond motifs is 1. The second-order valence-electron chi connectivity index (χ2n) is 6.97. The summed E-state index contributed by atoms with van der Waals surface area (Å²) in [5.41, 5.74) is 8.48. The van der Waals surface area contributed by atoms with E-state index in [0.717, 1.165) is 27.8 Å². The van der Waals surface area contributed by atoms with E-state index in [0.29, 0.717) is 0 Å². The first-order valence-corrected chi connectivity index (χ1v) is 9.57. The molecule has 1 aromatic heterocycles. The molecular formula is C21H21N3O2S. The van der Waals surface area contributed by atoms with Crippen molar-refractivity contribution < 1.29 is 9.53 Å². The van der Waals surface area contributed by atoms with E-state index < -0.39 is 5.54 Å². The van der Waals surface area contributed by atoms with Crippen LogP contribution in [-0.2, 0) is 10.3 Å². The number of hydrogen-bond acceptors (Lipinski definition) is 5. The highest BCUT2D eigenvalue weighted by Crippen LogP contribution is 2.41. The van der Waals surface area contributed by atoms with E-state index in [9.17, 15) is 4.79 Å². The lowest BCUT2D eigenvalue weighted by Gasteiger charge is -2.34. The molecule has 27 heavy (non-hydrogen) atoms. The second kappa shape index (κ2) is 6.39. The standard InChI is InChI=1S/C21H21N3O2S/c1-21(12-18(25)24(2)20(22)23-21)15-9-14-7-8-27-19(14)17(11-15)13-5-4-6-16(10-13)26-3/h4-11H,12H2,1-3H3,(H2,22,23)/t21-/m0/s1. The molecule has 0 aliphatic carbocycles. The highest BCUT2D eigenvalue weighted by Gasteiger charge is 2.36. The third-order valence-corrected chi connectivity index (χ3v) is 6.09. The van der Waals surface area contributed by atoms with E-state index in [-0.39, 0.29) is 18.3 Å². The molecular weight excluding hydrogens is 358 g/mol. The fraction of sp³-hybridized carbons (Fsp3) is 0.238. The van der Waals surface area contributed by atoms with Crippen molar-refractivity contribution in [3.63, 3.8) is 0 Å². The number of carbonyl (C=O) groups is 1. The average Bonchev–Trinajstić information content (AvgIpc) is 3.14. The molecule has 2 aromatic carbocycles. The Morgan fingerprint density at radius 3 is 2.81 bits per heavy atom. The molecule has 0 radical (unpaired) electrons. The van der Waals surface area contributed by atoms with Gasteiger partial charge in [0.05, 0.1) is 19.1 Å². The van der Waals surface area contributed by atoms with Crippen molar-refractivity contribution >= 4 is 33.3 Å². The SMILES string of the molecule is COc1cccc(-c2cc([C@]3(C)CC(=O)N(C)C(N)=N3)cc3ccsc23)c1. The van der Waals surface area contributed by atoms with E-state index in [4.69, 9.17) is 10.5 Å². The quantitative estimate of drug-likeness (QED) is 0.749. The molecule has 1 aliphatic rings. The Bertz CT molecular complexity index is 1070. The van der Waals surface area contributed by atoms with Gasteiger partial charge in [-0.15, -0.1) is 11.3 Å². The normalized spacial score (nSPS) is 20.0. The summed E-state index contributed by atoms with van der Waals surface area (Å²) in [5, 5.41) is 3.22. The van der Waals surface area contributed by atoms with Gasteiger partial charge in [-0.05, 0) is 64.7 Å². The van der Waals surface area contributed by atoms with Crippen LogP contribution in [0.15, 0.2) is 52.8 Å². The molecule has 1 amide bonds. The number of aliphatic imine (C=N–C) groups is 1. The molecule has 4 rings (SSSR count). The van der Waals surface area contributed by atoms with Gasteiger partial charge in [0.1, 0.15) is 5.75 Å². The second-order valence-corrected chi connectivity index (χ2v) is 7.88. The van der Waals surface area contributed by atoms with Gasteiger partial charge in [0, 0.05) is 11.7 Å². The van der Waals surface area contributed by atoms with Crippen LogP contribution in [-0.4, -0.2) is 30.9 Å². The minimum absolute atomic E-state index is 0.0293. The Hall–Kier alpha value is -2.86. The Morgan fingerprint density at radius 1 is 1.26 bits per heavy atom. The summed E-state index contributed by atoms with van der Waals surface area (Å²) < 4.78 is 6.59. The first kappa shape index (κ1) is 17.5. The zero-order chi connectivity index (χ0) is 19.2. The molecule has 2 N–H and O–H groups in total. The van der Waals surface area contributed by atoms with Crippen LogP contribution in [0.4, 0.5) is 0 Å². The van der Waals surface area contributed by atoms with Crippen LogP contribution in [0.1, 0.15) is 18.9 Å². The highest BCUT2D eigenvalue weighted by molar-refractivity contribution is 7.17. The fourth-order valence-electron chi connectivity index (χ4n) is 3.47. The molecule has 138 valence electrons. The van der Waals surface area contributed by atoms with Crippen LogP contribution in [0.5, 0.6) is 5.75 Å². The minimum atomic E-state index is -0.683. The lowest BCUT2D eigenvalue weighted by Crippen LogP contribution is -2.47. The zero-order valence-electron chi connectivity index (χ0n) is 15.5. The van der Waals surface area contributed by atoms with Gasteiger partial charge in [-0.1, -0.05) is 12.1 Å². The van der Waals surface area contributed by atoms with Gasteiger partial charge in [0.2, 0.25) is 5.91 Å². The number of amides is 1. The van der Waals surface area contributed by atoms with Crippen molar-refractivity contribution in [1.82, 2.24) is 4.90 Å². The number of methoxy groups -OCH3 is 1. The molecule has 0 spiro atoms. The van der Waals surface area contributed by atoms with E-state index in [1.54, 1.807) is 25.5 Å². The lowest BCUT2D eigenvalue weighted by molar-refractivity contribution is -0.128. The first-order valence-electron chi connectivity index (χ1n) is 8.69. The van der Waals surface area contributed by atoms with Gasteiger partial charge in [0.25, 0.3) is 0 Å². The molecule has 2 heterocycles. The number of nitrogens with two attached hydrogens (primary N) is 1. The van der Waals surface area contributed by atoms with Crippen molar-refractivity contribution in [2.24, 2.45) is 10.7 Å². The number of carbonyl (C=O) groups excluding carboxylic acids is 1. The van der Waals surface area contributed by atoms with Crippen LogP contribution in [0.3, 0.4) is 0 Å². The minimum Gasteiger partial charge on any atom is -0.497 e. The fourth-order valence-corrected chi connectivity index (χ4v) is 4.39. The number of hydrogen-bond donors (Lipinski definition) is 1. The van der Waals surface area contributed by atoms with Crippen molar-refractivity contribution in [3.05, 3.63) is 53.4 Å². The van der Waals surface area contributed by atoms with Crippen LogP contribution in [0.2, 0.25) is 0 Å². The van der Waals surface area contributed by atoms with Crippen LogP contribution in [0.25, 0.3) is 21.2 Å². The summed E-state index contributed by atoms with van der Waals surface area (Å²) in [6.45, 7) is 1.97. The average molecular weight is 379 g/mol. The van der Waals surface area contributed by atoms with Gasteiger partial charge in [-0.3, -0.25) is 9.69 Å². The predicted molar refractivity (Wildman–Crippen MR) is 110 cm³/mol. The van der Waals surface area contributed by atoms with Gasteiger partial charge in [-0.25, -0.2) is 4.99 Å². The number of guanidine groups is 1. The summed E-state index contributed by atoms with van der Waals surface area (Å²) in [4.78, 5) is 18.5. The van der Waals surface area contributed by atoms with Gasteiger partial charge < -0.3 is 10.5 Å². The lowest BCUT2D eigenvalue weighted by atomic mass is 9.85. The van der Waals surface area contributed by atoms with Gasteiger partial charge in [-0.2, -0.15) is 0 Å². The summed E-state index contributed by atoms with van der Waals surface area (Å²) >= 11 is 1.70. The van der Waals surface area contributed by atoms with Crippen molar-refractivity contribution in [3.8, 4) is 16.9 Å². The van der Waals surface area contributed by atoms with E-state index in [2.05, 4.69) is 34.6 Å². The summed E-state index contributed by atoms with van der Waals surface area (Å²) in [5.74, 6) is 1.03. The molecule has 0 saturated heterocycles. The van der Waals surface area contributed by atoms with Crippen LogP contribution >= 0.6 is 11.3 Å². The molecule has 1 atom stereocenters. The molecule has 6 heteroatoms. The van der Waals surface area contributed by atoms with Crippen LogP contribution in [0, 0.1) is 0 Å². The van der Waals surface area contributed by atoms with Gasteiger partial charge >= 0.3 is 0 Å². The maximum absolute atomic E-state index is 12.4. The number of benzene rings is 2. The number of thiophene rings is 1. The monoisotopic (exact) mass is 379 g/mol. The summed E-state index contributed by atoms with van der Waals surface area (Å²) in [6, 6.07) is 14.4. The summed E-state index contributed by atoms with van der Waals surface area (Å²) in [7, 11) is 3.32. The molecule has 1 aliphatic heterocycles. The smallest absolute Gasteiger partial charge is 0.231 e. The van der Waals surface area contributed by atoms with E-state index in [1.165, 1.54) is 9.60 Å². The van der Waals surface area contributed by atoms with Crippen molar-refractivity contribution in [2.45, 2.75) is 18.9 Å². The highest BCUT2D eigenvalue weighted by atomic mass is 32.1. The van der Waals surface area contributed by atoms with E-state index in [1.807, 2.05) is 25.1 Å². The van der Waals surface area contributed by atoms with Crippen LogP contribution < -0.4 is 10.5 Å². The Labute approximate surface area is 162 Å². The molecule has 0 fully saturated rings.